The van der Waals surface area contributed by atoms with Crippen molar-refractivity contribution in [2.24, 2.45) is 5.92 Å². The van der Waals surface area contributed by atoms with E-state index in [4.69, 9.17) is 0 Å². The van der Waals surface area contributed by atoms with Crippen molar-refractivity contribution in [2.75, 3.05) is 26.2 Å². The summed E-state index contributed by atoms with van der Waals surface area (Å²) < 4.78 is 13.8. The van der Waals surface area contributed by atoms with Crippen molar-refractivity contribution in [1.29, 1.82) is 0 Å². The highest BCUT2D eigenvalue weighted by Crippen LogP contribution is 2.48. The maximum absolute atomic E-state index is 13.0. The van der Waals surface area contributed by atoms with Gasteiger partial charge in [-0.05, 0) is 52.0 Å². The zero-order valence-electron chi connectivity index (χ0n) is 14.6. The minimum Gasteiger partial charge on any atom is -0.339 e. The summed E-state index contributed by atoms with van der Waals surface area (Å²) in [6, 6.07) is 8.16. The van der Waals surface area contributed by atoms with E-state index in [1.54, 1.807) is 35.5 Å². The lowest BCUT2D eigenvalue weighted by Gasteiger charge is -2.35. The minimum atomic E-state index is -0.260. The molecule has 7 heteroatoms. The molecule has 5 nitrogen and oxygen atoms in total. The second-order valence-electron chi connectivity index (χ2n) is 7.01. The van der Waals surface area contributed by atoms with Gasteiger partial charge in [0.15, 0.2) is 0 Å². The maximum atomic E-state index is 13.0. The molecule has 4 rings (SSSR count). The molecule has 2 heterocycles. The van der Waals surface area contributed by atoms with Crippen LogP contribution in [0.5, 0.6) is 0 Å². The number of rotatable bonds is 3. The fourth-order valence-corrected chi connectivity index (χ4v) is 3.99. The summed E-state index contributed by atoms with van der Waals surface area (Å²) in [5.74, 6) is -0.0201. The Morgan fingerprint density at radius 3 is 2.37 bits per heavy atom. The second-order valence-corrected chi connectivity index (χ2v) is 7.93. The Bertz CT molecular complexity index is 866. The summed E-state index contributed by atoms with van der Waals surface area (Å²) in [6.07, 6.45) is 4.01. The molecule has 1 saturated heterocycles. The topological polar surface area (TPSA) is 53.5 Å². The van der Waals surface area contributed by atoms with Gasteiger partial charge in [0.2, 0.25) is 5.91 Å². The molecular weight excluding hydrogens is 413 g/mol. The third kappa shape index (κ3) is 3.88. The monoisotopic (exact) mass is 431 g/mol. The van der Waals surface area contributed by atoms with Crippen LogP contribution < -0.4 is 0 Å². The van der Waals surface area contributed by atoms with Gasteiger partial charge < -0.3 is 9.80 Å². The Morgan fingerprint density at radius 1 is 1.04 bits per heavy atom. The van der Waals surface area contributed by atoms with Gasteiger partial charge in [-0.25, -0.2) is 4.39 Å². The fraction of sp³-hybridized carbons (Fsp3) is 0.350. The standard InChI is InChI=1S/C20H19BrFN3O2/c21-15-9-14(11-23-12-15)19(26)24-5-7-25(8-6-24)20(27)18-10-17(18)13-1-3-16(22)4-2-13/h1-4,9,11-12,17-18H,5-8,10H2. The Balaban J connectivity index is 1.32. The molecule has 2 amide bonds. The van der Waals surface area contributed by atoms with Crippen molar-refractivity contribution >= 4 is 27.7 Å². The van der Waals surface area contributed by atoms with Crippen LogP contribution >= 0.6 is 15.9 Å². The lowest BCUT2D eigenvalue weighted by Crippen LogP contribution is -2.51. The molecule has 0 radical (unpaired) electrons. The summed E-state index contributed by atoms with van der Waals surface area (Å²) in [6.45, 7) is 2.12. The SMILES string of the molecule is O=C(c1cncc(Br)c1)N1CCN(C(=O)C2CC2c2ccc(F)cc2)CC1. The van der Waals surface area contributed by atoms with Crippen LogP contribution in [0.25, 0.3) is 0 Å². The number of piperazine rings is 1. The van der Waals surface area contributed by atoms with Crippen LogP contribution in [0.15, 0.2) is 47.2 Å². The predicted octanol–water partition coefficient (Wildman–Crippen LogP) is 3.07. The first-order valence-corrected chi connectivity index (χ1v) is 9.76. The zero-order valence-corrected chi connectivity index (χ0v) is 16.2. The number of pyridine rings is 1. The van der Waals surface area contributed by atoms with Crippen molar-refractivity contribution in [2.45, 2.75) is 12.3 Å². The first-order valence-electron chi connectivity index (χ1n) is 8.97. The molecule has 1 aliphatic carbocycles. The average Bonchev–Trinajstić information content (AvgIpc) is 3.48. The summed E-state index contributed by atoms with van der Waals surface area (Å²) in [5, 5.41) is 0. The largest absolute Gasteiger partial charge is 0.339 e. The van der Waals surface area contributed by atoms with Crippen molar-refractivity contribution in [3.8, 4) is 0 Å². The molecule has 1 aromatic carbocycles. The van der Waals surface area contributed by atoms with Gasteiger partial charge in [-0.2, -0.15) is 0 Å². The van der Waals surface area contributed by atoms with E-state index in [-0.39, 0.29) is 29.5 Å². The number of amides is 2. The van der Waals surface area contributed by atoms with Gasteiger partial charge in [0, 0.05) is 49.0 Å². The Morgan fingerprint density at radius 2 is 1.70 bits per heavy atom. The van der Waals surface area contributed by atoms with Gasteiger partial charge in [0.25, 0.3) is 5.91 Å². The van der Waals surface area contributed by atoms with E-state index in [1.165, 1.54) is 12.1 Å². The third-order valence-electron chi connectivity index (χ3n) is 5.24. The highest BCUT2D eigenvalue weighted by molar-refractivity contribution is 9.10. The number of aromatic nitrogens is 1. The maximum Gasteiger partial charge on any atom is 0.255 e. The fourth-order valence-electron chi connectivity index (χ4n) is 3.62. The van der Waals surface area contributed by atoms with Gasteiger partial charge >= 0.3 is 0 Å². The molecule has 2 aromatic rings. The van der Waals surface area contributed by atoms with Crippen LogP contribution in [-0.4, -0.2) is 52.8 Å². The molecule has 1 aliphatic heterocycles. The van der Waals surface area contributed by atoms with Gasteiger partial charge in [0.1, 0.15) is 5.82 Å². The van der Waals surface area contributed by atoms with Crippen molar-refractivity contribution < 1.29 is 14.0 Å². The first kappa shape index (κ1) is 18.1. The smallest absolute Gasteiger partial charge is 0.255 e. The van der Waals surface area contributed by atoms with E-state index in [1.807, 2.05) is 4.90 Å². The lowest BCUT2D eigenvalue weighted by molar-refractivity contribution is -0.134. The lowest BCUT2D eigenvalue weighted by atomic mass is 10.1. The highest BCUT2D eigenvalue weighted by atomic mass is 79.9. The summed E-state index contributed by atoms with van der Waals surface area (Å²) in [4.78, 5) is 32.9. The van der Waals surface area contributed by atoms with Gasteiger partial charge in [0.05, 0.1) is 5.56 Å². The van der Waals surface area contributed by atoms with E-state index >= 15 is 0 Å². The number of hydrogen-bond acceptors (Lipinski definition) is 3. The predicted molar refractivity (Wildman–Crippen MR) is 102 cm³/mol. The molecule has 2 aliphatic rings. The van der Waals surface area contributed by atoms with Crippen LogP contribution in [-0.2, 0) is 4.79 Å². The van der Waals surface area contributed by atoms with Gasteiger partial charge in [-0.3, -0.25) is 14.6 Å². The van der Waals surface area contributed by atoms with E-state index in [0.717, 1.165) is 16.5 Å². The molecule has 0 N–H and O–H groups in total. The van der Waals surface area contributed by atoms with E-state index in [0.29, 0.717) is 31.7 Å². The summed E-state index contributed by atoms with van der Waals surface area (Å²) in [7, 11) is 0. The second kappa shape index (κ2) is 7.38. The molecule has 0 bridgehead atoms. The van der Waals surface area contributed by atoms with Crippen LogP contribution in [0.3, 0.4) is 0 Å². The first-order chi connectivity index (χ1) is 13.0. The summed E-state index contributed by atoms with van der Waals surface area (Å²) >= 11 is 3.33. The highest BCUT2D eigenvalue weighted by Gasteiger charge is 2.46. The molecule has 27 heavy (non-hydrogen) atoms. The minimum absolute atomic E-state index is 0.0213. The quantitative estimate of drug-likeness (QED) is 0.750. The van der Waals surface area contributed by atoms with E-state index < -0.39 is 0 Å². The normalized spacial score (nSPS) is 21.9. The molecular formula is C20H19BrFN3O2. The van der Waals surface area contributed by atoms with E-state index in [9.17, 15) is 14.0 Å². The van der Waals surface area contributed by atoms with Crippen LogP contribution in [0, 0.1) is 11.7 Å². The van der Waals surface area contributed by atoms with Crippen molar-refractivity contribution in [1.82, 2.24) is 14.8 Å². The number of halogens is 2. The number of carbonyl (C=O) groups is 2. The Labute approximate surface area is 165 Å². The Kier molecular flexibility index (Phi) is 4.95. The molecule has 2 fully saturated rings. The molecule has 140 valence electrons. The zero-order chi connectivity index (χ0) is 19.0. The Hall–Kier alpha value is -2.28. The van der Waals surface area contributed by atoms with Gasteiger partial charge in [-0.15, -0.1) is 0 Å². The van der Waals surface area contributed by atoms with Crippen LogP contribution in [0.4, 0.5) is 4.39 Å². The van der Waals surface area contributed by atoms with Crippen LogP contribution in [0.1, 0.15) is 28.3 Å². The number of benzene rings is 1. The molecule has 0 spiro atoms. The van der Waals surface area contributed by atoms with Crippen LogP contribution in [0.2, 0.25) is 0 Å². The average molecular weight is 432 g/mol. The molecule has 2 atom stereocenters. The number of nitrogens with zero attached hydrogens (tertiary/aromatic N) is 3. The number of hydrogen-bond donors (Lipinski definition) is 0. The third-order valence-corrected chi connectivity index (χ3v) is 5.67. The molecule has 1 aromatic heterocycles. The van der Waals surface area contributed by atoms with Crippen molar-refractivity contribution in [3.05, 3.63) is 64.1 Å². The van der Waals surface area contributed by atoms with E-state index in [2.05, 4.69) is 20.9 Å². The van der Waals surface area contributed by atoms with Crippen molar-refractivity contribution in [3.63, 3.8) is 0 Å². The molecule has 2 unspecified atom stereocenters. The number of carbonyl (C=O) groups excluding carboxylic acids is 2. The molecule has 1 saturated carbocycles. The van der Waals surface area contributed by atoms with Gasteiger partial charge in [-0.1, -0.05) is 12.1 Å². The summed E-state index contributed by atoms with van der Waals surface area (Å²) in [5.41, 5.74) is 1.56.